The molecule has 2 aromatic heterocycles. The van der Waals surface area contributed by atoms with Crippen LogP contribution < -0.4 is 14.5 Å². The minimum absolute atomic E-state index is 0.0707. The lowest BCUT2D eigenvalue weighted by molar-refractivity contribution is 0.479. The summed E-state index contributed by atoms with van der Waals surface area (Å²) >= 11 is 0. The molecule has 0 spiro atoms. The molecule has 0 saturated heterocycles. The molecule has 0 bridgehead atoms. The highest BCUT2D eigenvalue weighted by Crippen LogP contribution is 2.49. The Hall–Kier alpha value is -6.33. The largest absolute Gasteiger partial charge is 0.457 e. The van der Waals surface area contributed by atoms with Gasteiger partial charge in [0.05, 0.1) is 29.1 Å². The fraction of sp³-hybridized carbons (Fsp3) is 0.180. The topological polar surface area (TPSA) is 33.5 Å². The fourth-order valence-corrected chi connectivity index (χ4v) is 8.80. The van der Waals surface area contributed by atoms with Crippen LogP contribution in [0.4, 0.5) is 17.1 Å². The van der Waals surface area contributed by atoms with E-state index >= 15 is 0 Å². The molecule has 1 aliphatic carbocycles. The summed E-state index contributed by atoms with van der Waals surface area (Å²) in [6.07, 6.45) is 2.07. The molecule has 0 atom stereocenters. The van der Waals surface area contributed by atoms with Crippen molar-refractivity contribution >= 4 is 38.9 Å². The van der Waals surface area contributed by atoms with Gasteiger partial charge in [0.15, 0.2) is 0 Å². The number of aromatic nitrogens is 2. The maximum atomic E-state index is 6.89. The molecule has 0 radical (unpaired) electrons. The van der Waals surface area contributed by atoms with Crippen molar-refractivity contribution in [2.45, 2.75) is 45.4 Å². The van der Waals surface area contributed by atoms with Crippen LogP contribution in [-0.4, -0.2) is 23.3 Å². The zero-order valence-electron chi connectivity index (χ0n) is 32.3. The van der Waals surface area contributed by atoms with Gasteiger partial charge in [0.1, 0.15) is 17.3 Å². The first-order valence-corrected chi connectivity index (χ1v) is 19.2. The Labute approximate surface area is 323 Å². The summed E-state index contributed by atoms with van der Waals surface area (Å²) in [5.41, 5.74) is 14.2. The van der Waals surface area contributed by atoms with Crippen LogP contribution in [0.2, 0.25) is 0 Å². The third kappa shape index (κ3) is 5.32. The third-order valence-corrected chi connectivity index (χ3v) is 11.8. The normalized spacial score (nSPS) is 14.4. The predicted octanol–water partition coefficient (Wildman–Crippen LogP) is 12.8. The van der Waals surface area contributed by atoms with Crippen LogP contribution in [0.5, 0.6) is 11.5 Å². The van der Waals surface area contributed by atoms with E-state index in [0.29, 0.717) is 0 Å². The average Bonchev–Trinajstić information content (AvgIpc) is 3.78. The first-order valence-electron chi connectivity index (χ1n) is 19.2. The lowest BCUT2D eigenvalue weighted by Crippen LogP contribution is -2.24. The number of hydrogen-bond acceptors (Lipinski definition) is 4. The molecular formula is C50H44N4O. The molecule has 270 valence electrons. The number of anilines is 3. The van der Waals surface area contributed by atoms with E-state index < -0.39 is 0 Å². The molecule has 8 aromatic rings. The van der Waals surface area contributed by atoms with Gasteiger partial charge in [0, 0.05) is 52.8 Å². The maximum absolute atomic E-state index is 6.89. The minimum atomic E-state index is -0.141. The second-order valence-corrected chi connectivity index (χ2v) is 16.7. The van der Waals surface area contributed by atoms with Crippen LogP contribution in [0, 0.1) is 0 Å². The summed E-state index contributed by atoms with van der Waals surface area (Å²) in [5.74, 6) is 2.50. The molecule has 3 heterocycles. The first-order chi connectivity index (χ1) is 26.5. The number of nitrogens with zero attached hydrogens (tertiary/aromatic N) is 4. The van der Waals surface area contributed by atoms with Crippen molar-refractivity contribution < 1.29 is 4.74 Å². The molecule has 5 nitrogen and oxygen atoms in total. The number of hydrogen-bond donors (Lipinski definition) is 0. The molecule has 0 N–H and O–H groups in total. The number of fused-ring (bicyclic) bond motifs is 7. The van der Waals surface area contributed by atoms with Crippen LogP contribution in [0.15, 0.2) is 146 Å². The highest BCUT2D eigenvalue weighted by Gasteiger charge is 2.36. The summed E-state index contributed by atoms with van der Waals surface area (Å²) in [6, 6.07) is 50.3. The molecule has 0 fully saturated rings. The van der Waals surface area contributed by atoms with Gasteiger partial charge in [-0.05, 0) is 93.4 Å². The molecule has 55 heavy (non-hydrogen) atoms. The number of benzene rings is 6. The van der Waals surface area contributed by atoms with Gasteiger partial charge in [-0.15, -0.1) is 0 Å². The van der Waals surface area contributed by atoms with Gasteiger partial charge in [-0.3, -0.25) is 4.57 Å². The lowest BCUT2D eigenvalue weighted by atomic mass is 9.83. The van der Waals surface area contributed by atoms with Gasteiger partial charge in [0.25, 0.3) is 0 Å². The van der Waals surface area contributed by atoms with Crippen molar-refractivity contribution in [2.24, 2.45) is 0 Å². The quantitative estimate of drug-likeness (QED) is 0.178. The van der Waals surface area contributed by atoms with Crippen LogP contribution >= 0.6 is 0 Å². The van der Waals surface area contributed by atoms with Gasteiger partial charge < -0.3 is 14.5 Å². The maximum Gasteiger partial charge on any atom is 0.137 e. The van der Waals surface area contributed by atoms with Crippen molar-refractivity contribution in [1.82, 2.24) is 9.55 Å². The van der Waals surface area contributed by atoms with Crippen molar-refractivity contribution in [3.8, 4) is 39.6 Å². The highest BCUT2D eigenvalue weighted by atomic mass is 16.5. The van der Waals surface area contributed by atoms with E-state index in [1.807, 2.05) is 0 Å². The number of para-hydroxylation sites is 2. The van der Waals surface area contributed by atoms with Gasteiger partial charge in [-0.25, -0.2) is 4.98 Å². The van der Waals surface area contributed by atoms with E-state index in [2.05, 4.69) is 202 Å². The lowest BCUT2D eigenvalue weighted by Gasteiger charge is -2.25. The number of ether oxygens (including phenoxy) is 1. The Morgan fingerprint density at radius 2 is 1.38 bits per heavy atom. The molecule has 10 rings (SSSR count). The van der Waals surface area contributed by atoms with Crippen molar-refractivity contribution in [2.75, 3.05) is 23.5 Å². The third-order valence-electron chi connectivity index (χ3n) is 11.8. The van der Waals surface area contributed by atoms with E-state index in [1.54, 1.807) is 0 Å². The zero-order chi connectivity index (χ0) is 37.6. The Kier molecular flexibility index (Phi) is 7.31. The van der Waals surface area contributed by atoms with E-state index in [4.69, 9.17) is 9.72 Å². The Bertz CT molecular complexity index is 2810. The summed E-state index contributed by atoms with van der Waals surface area (Å²) < 4.78 is 9.21. The van der Waals surface area contributed by atoms with Crippen molar-refractivity contribution in [1.29, 1.82) is 0 Å². The minimum Gasteiger partial charge on any atom is -0.457 e. The monoisotopic (exact) mass is 716 g/mol. The molecule has 2 aliphatic rings. The molecular weight excluding hydrogens is 673 g/mol. The average molecular weight is 717 g/mol. The fourth-order valence-electron chi connectivity index (χ4n) is 8.80. The standard InChI is InChI=1S/C50H44N4O/c1-49(2,3)34-25-35(53-31-52(6)45-18-12-13-19-46(45)53)27-37(26-34)55-36-21-22-39-40-24-33(32-14-8-7-9-15-32)20-23-44(40)54(47(39)28-36)48-29-43-41(30-51-48)38-16-10-11-17-42(38)50(43,4)5/h7-30H,31H2,1-6H3. The molecule has 0 amide bonds. The van der Waals surface area contributed by atoms with Gasteiger partial charge in [0.2, 0.25) is 0 Å². The summed E-state index contributed by atoms with van der Waals surface area (Å²) in [5, 5.41) is 2.34. The second kappa shape index (κ2) is 12.1. The van der Waals surface area contributed by atoms with Gasteiger partial charge >= 0.3 is 0 Å². The Morgan fingerprint density at radius 1 is 0.618 bits per heavy atom. The smallest absolute Gasteiger partial charge is 0.137 e. The summed E-state index contributed by atoms with van der Waals surface area (Å²) in [6.45, 7) is 12.2. The van der Waals surface area contributed by atoms with Crippen LogP contribution in [0.25, 0.3) is 49.9 Å². The van der Waals surface area contributed by atoms with Gasteiger partial charge in [-0.1, -0.05) is 107 Å². The first kappa shape index (κ1) is 33.3. The Balaban J connectivity index is 1.13. The second-order valence-electron chi connectivity index (χ2n) is 16.7. The number of pyridine rings is 1. The highest BCUT2D eigenvalue weighted by molar-refractivity contribution is 6.10. The summed E-state index contributed by atoms with van der Waals surface area (Å²) in [7, 11) is 2.15. The zero-order valence-corrected chi connectivity index (χ0v) is 32.3. The van der Waals surface area contributed by atoms with Gasteiger partial charge in [-0.2, -0.15) is 0 Å². The van der Waals surface area contributed by atoms with Crippen LogP contribution in [0.3, 0.4) is 0 Å². The van der Waals surface area contributed by atoms with Crippen molar-refractivity contribution in [3.05, 3.63) is 162 Å². The SMILES string of the molecule is CN1CN(c2cc(Oc3ccc4c5cc(-c6ccccc6)ccc5n(-c5cc6c(cn5)-c5ccccc5C6(C)C)c4c3)cc(C(C)(C)C)c2)c2ccccc21. The Morgan fingerprint density at radius 3 is 2.20 bits per heavy atom. The molecule has 0 unspecified atom stereocenters. The number of rotatable bonds is 5. The van der Waals surface area contributed by atoms with E-state index in [-0.39, 0.29) is 10.8 Å². The molecule has 0 saturated carbocycles. The molecule has 6 aromatic carbocycles. The van der Waals surface area contributed by atoms with E-state index in [1.165, 1.54) is 55.7 Å². The molecule has 1 aliphatic heterocycles. The van der Waals surface area contributed by atoms with E-state index in [9.17, 15) is 0 Å². The predicted molar refractivity (Wildman–Crippen MR) is 229 cm³/mol. The molecule has 5 heteroatoms. The van der Waals surface area contributed by atoms with Crippen LogP contribution in [0.1, 0.15) is 51.3 Å². The van der Waals surface area contributed by atoms with Crippen molar-refractivity contribution in [3.63, 3.8) is 0 Å². The summed E-state index contributed by atoms with van der Waals surface area (Å²) in [4.78, 5) is 9.85. The van der Waals surface area contributed by atoms with Crippen LogP contribution in [-0.2, 0) is 10.8 Å². The van der Waals surface area contributed by atoms with E-state index in [0.717, 1.165) is 46.1 Å².